The van der Waals surface area contributed by atoms with E-state index in [1.165, 1.54) is 20.9 Å². The van der Waals surface area contributed by atoms with Gasteiger partial charge in [-0.05, 0) is 0 Å². The van der Waals surface area contributed by atoms with E-state index in [4.69, 9.17) is 0 Å². The summed E-state index contributed by atoms with van der Waals surface area (Å²) in [5, 5.41) is 0. The zero-order valence-electron chi connectivity index (χ0n) is 11.8. The van der Waals surface area contributed by atoms with Gasteiger partial charge in [0.15, 0.2) is 0 Å². The molecule has 0 saturated carbocycles. The maximum absolute atomic E-state index is 11.1. The van der Waals surface area contributed by atoms with E-state index < -0.39 is 14.2 Å². The minimum absolute atomic E-state index is 1.24. The Morgan fingerprint density at radius 1 is 0.708 bits per heavy atom. The van der Waals surface area contributed by atoms with Crippen LogP contribution in [0.3, 0.4) is 0 Å². The molecular weight excluding hydrogens is 435 g/mol. The fourth-order valence-corrected chi connectivity index (χ4v) is 3.58. The molecule has 24 heavy (non-hydrogen) atoms. The maximum atomic E-state index is 9.91. The molecule has 0 saturated heterocycles. The van der Waals surface area contributed by atoms with Gasteiger partial charge in [-0.15, -0.1) is 0 Å². The van der Waals surface area contributed by atoms with Gasteiger partial charge in [0.05, 0.1) is 3.76 Å². The van der Waals surface area contributed by atoms with Crippen LogP contribution < -0.4 is 0 Å². The van der Waals surface area contributed by atoms with Gasteiger partial charge in [0.25, 0.3) is 0 Å². The molecule has 3 aromatic rings. The SMILES string of the molecule is F[As-](F)(F)(F)(F)F.c1ccc(-c2sn[s+]c2-c2ccccc2)cc1. The van der Waals surface area contributed by atoms with Gasteiger partial charge in [-0.25, -0.2) is 0 Å². The first-order valence-electron chi connectivity index (χ1n) is 6.36. The molecule has 0 bridgehead atoms. The molecule has 1 heterocycles. The van der Waals surface area contributed by atoms with Gasteiger partial charge in [0, 0.05) is 11.1 Å². The Kier molecular flexibility index (Phi) is 4.82. The van der Waals surface area contributed by atoms with E-state index in [1.807, 2.05) is 12.1 Å². The molecule has 0 amide bonds. The molecule has 130 valence electrons. The zero-order chi connectivity index (χ0) is 17.9. The van der Waals surface area contributed by atoms with Crippen LogP contribution in [0.2, 0.25) is 0 Å². The number of rotatable bonds is 2. The summed E-state index contributed by atoms with van der Waals surface area (Å²) in [4.78, 5) is 2.50. The smallest absolute Gasteiger partial charge is 0.0622 e. The second kappa shape index (κ2) is 6.13. The van der Waals surface area contributed by atoms with Crippen LogP contribution in [-0.2, 0) is 0 Å². The quantitative estimate of drug-likeness (QED) is 0.236. The van der Waals surface area contributed by atoms with E-state index in [0.717, 1.165) is 0 Å². The maximum Gasteiger partial charge on any atom is 0.210 e. The molecular formula is C14H10AsF6NS2. The van der Waals surface area contributed by atoms with Crippen molar-refractivity contribution >= 4 is 37.2 Å². The normalized spacial score (nSPS) is 14.1. The van der Waals surface area contributed by atoms with Crippen molar-refractivity contribution in [1.82, 2.24) is 3.76 Å². The number of hydrogen-bond acceptors (Lipinski definition) is 2. The summed E-state index contributed by atoms with van der Waals surface area (Å²) in [6.07, 6.45) is 0. The number of aromatic nitrogens is 1. The van der Waals surface area contributed by atoms with E-state index in [9.17, 15) is 20.8 Å². The second-order valence-corrected chi connectivity index (χ2v) is 10.4. The molecule has 3 rings (SSSR count). The molecule has 0 aliphatic carbocycles. The molecule has 0 N–H and O–H groups in total. The Labute approximate surface area is 143 Å². The van der Waals surface area contributed by atoms with Gasteiger partial charge in [0.2, 0.25) is 32.8 Å². The van der Waals surface area contributed by atoms with Crippen LogP contribution in [0.15, 0.2) is 60.7 Å². The Bertz CT molecular complexity index is 738. The van der Waals surface area contributed by atoms with Crippen LogP contribution in [0, 0.1) is 0 Å². The molecule has 1 nitrogen and oxygen atoms in total. The third-order valence-corrected chi connectivity index (χ3v) is 4.51. The molecule has 0 spiro atoms. The van der Waals surface area contributed by atoms with Gasteiger partial charge in [-0.2, -0.15) is 0 Å². The molecule has 2 aromatic carbocycles. The second-order valence-electron chi connectivity index (χ2n) is 4.61. The Morgan fingerprint density at radius 2 is 1.12 bits per heavy atom. The van der Waals surface area contributed by atoms with Crippen molar-refractivity contribution in [3.8, 4) is 20.9 Å². The average molecular weight is 445 g/mol. The van der Waals surface area contributed by atoms with Crippen LogP contribution in [0.1, 0.15) is 0 Å². The van der Waals surface area contributed by atoms with Crippen molar-refractivity contribution in [2.24, 2.45) is 0 Å². The molecule has 1 aromatic heterocycles. The van der Waals surface area contributed by atoms with Gasteiger partial charge >= 0.3 is 35.0 Å². The van der Waals surface area contributed by atoms with Crippen molar-refractivity contribution < 1.29 is 20.8 Å². The van der Waals surface area contributed by atoms with E-state index in [0.29, 0.717) is 0 Å². The third kappa shape index (κ3) is 7.42. The van der Waals surface area contributed by atoms with E-state index in [1.54, 1.807) is 23.1 Å². The fourth-order valence-electron chi connectivity index (χ4n) is 1.72. The Balaban J connectivity index is 0.000000256. The van der Waals surface area contributed by atoms with Crippen LogP contribution >= 0.6 is 23.1 Å². The molecule has 0 atom stereocenters. The summed E-state index contributed by atoms with van der Waals surface area (Å²) in [7, 11) is 0. The summed E-state index contributed by atoms with van der Waals surface area (Å²) >= 11 is -7.93. The van der Waals surface area contributed by atoms with E-state index in [2.05, 4.69) is 52.3 Å². The first-order chi connectivity index (χ1) is 10.9. The molecule has 0 fully saturated rings. The zero-order valence-corrected chi connectivity index (χ0v) is 15.3. The standard InChI is InChI=1S/C14H10NS2.AsF6/c1-3-7-11(8-4-1)13-14(17-15-16-13)12-9-5-2-6-10-12;2-1(3,4,5,6)7/h1-10H;/q+1;-1. The predicted molar refractivity (Wildman–Crippen MR) is 87.7 cm³/mol. The summed E-state index contributed by atoms with van der Waals surface area (Å²) in [5.41, 5.74) is 2.48. The molecule has 0 unspecified atom stereocenters. The topological polar surface area (TPSA) is 12.9 Å². The van der Waals surface area contributed by atoms with Gasteiger partial charge in [0.1, 0.15) is 0 Å². The molecule has 0 aliphatic rings. The van der Waals surface area contributed by atoms with Gasteiger partial charge < -0.3 is 0 Å². The molecule has 10 heteroatoms. The van der Waals surface area contributed by atoms with Crippen molar-refractivity contribution in [3.05, 3.63) is 60.7 Å². The Hall–Kier alpha value is -1.44. The van der Waals surface area contributed by atoms with Crippen LogP contribution in [0.25, 0.3) is 20.9 Å². The van der Waals surface area contributed by atoms with Crippen molar-refractivity contribution in [3.63, 3.8) is 0 Å². The molecule has 0 radical (unpaired) electrons. The number of hydrogen-bond donors (Lipinski definition) is 0. The minimum Gasteiger partial charge on any atom is -0.0622 e. The molecule has 0 aliphatic heterocycles. The minimum atomic E-state index is -11.1. The van der Waals surface area contributed by atoms with Crippen molar-refractivity contribution in [1.29, 1.82) is 0 Å². The average Bonchev–Trinajstić information content (AvgIpc) is 2.95. The third-order valence-electron chi connectivity index (χ3n) is 2.54. The van der Waals surface area contributed by atoms with Crippen LogP contribution in [0.5, 0.6) is 0 Å². The summed E-state index contributed by atoms with van der Waals surface area (Å²) in [5.74, 6) is 0. The number of benzene rings is 2. The number of nitrogens with zero attached hydrogens (tertiary/aromatic N) is 1. The first kappa shape index (κ1) is 18.9. The largest absolute Gasteiger partial charge is 0.210 e. The number of halogens is 6. The van der Waals surface area contributed by atoms with Gasteiger partial charge in [-0.3, -0.25) is 0 Å². The van der Waals surface area contributed by atoms with Crippen molar-refractivity contribution in [2.45, 2.75) is 0 Å². The predicted octanol–water partition coefficient (Wildman–Crippen LogP) is 6.96. The summed E-state index contributed by atoms with van der Waals surface area (Å²) in [6, 6.07) is 20.9. The van der Waals surface area contributed by atoms with E-state index >= 15 is 0 Å². The fraction of sp³-hybridized carbons (Fsp3) is 0. The monoisotopic (exact) mass is 445 g/mol. The summed E-state index contributed by atoms with van der Waals surface area (Å²) < 4.78 is 63.8. The van der Waals surface area contributed by atoms with E-state index in [-0.39, 0.29) is 0 Å². The first-order valence-corrected chi connectivity index (χ1v) is 12.2. The van der Waals surface area contributed by atoms with Crippen molar-refractivity contribution in [2.75, 3.05) is 0 Å². The van der Waals surface area contributed by atoms with Crippen LogP contribution in [0.4, 0.5) is 20.8 Å². The van der Waals surface area contributed by atoms with Gasteiger partial charge in [-0.1, -0.05) is 60.7 Å². The summed E-state index contributed by atoms with van der Waals surface area (Å²) in [6.45, 7) is 0. The van der Waals surface area contributed by atoms with Crippen LogP contribution in [-0.4, -0.2) is 17.9 Å². The Morgan fingerprint density at radius 3 is 1.58 bits per heavy atom.